The van der Waals surface area contributed by atoms with Crippen LogP contribution in [0.3, 0.4) is 0 Å². The number of fused-ring (bicyclic) bond motifs is 1. The minimum absolute atomic E-state index is 0.0289. The van der Waals surface area contributed by atoms with Crippen LogP contribution in [-0.4, -0.2) is 96.3 Å². The van der Waals surface area contributed by atoms with Crippen LogP contribution in [-0.2, 0) is 13.1 Å². The molecule has 8 nitrogen and oxygen atoms in total. The molecule has 2 aromatic carbocycles. The minimum atomic E-state index is -0.304. The van der Waals surface area contributed by atoms with E-state index >= 15 is 0 Å². The minimum Gasteiger partial charge on any atom is -0.507 e. The molecular formula is C27H34N4O4. The lowest BCUT2D eigenvalue weighted by Gasteiger charge is -2.34. The van der Waals surface area contributed by atoms with Crippen LogP contribution in [0.15, 0.2) is 45.6 Å². The first-order valence-electron chi connectivity index (χ1n) is 12.3. The Hall–Kier alpha value is -2.91. The van der Waals surface area contributed by atoms with E-state index in [4.69, 9.17) is 4.42 Å². The van der Waals surface area contributed by atoms with Crippen LogP contribution in [0.25, 0.3) is 22.3 Å². The van der Waals surface area contributed by atoms with Gasteiger partial charge in [-0.3, -0.25) is 14.6 Å². The van der Waals surface area contributed by atoms with Gasteiger partial charge in [0.2, 0.25) is 0 Å². The van der Waals surface area contributed by atoms with Gasteiger partial charge < -0.3 is 24.4 Å². The number of rotatable bonds is 5. The lowest BCUT2D eigenvalue weighted by Crippen LogP contribution is -2.44. The first kappa shape index (κ1) is 23.8. The van der Waals surface area contributed by atoms with Crippen molar-refractivity contribution in [3.63, 3.8) is 0 Å². The summed E-state index contributed by atoms with van der Waals surface area (Å²) in [7, 11) is 4.19. The summed E-state index contributed by atoms with van der Waals surface area (Å²) >= 11 is 0. The zero-order chi connectivity index (χ0) is 24.5. The zero-order valence-electron chi connectivity index (χ0n) is 20.5. The second-order valence-electron chi connectivity index (χ2n) is 9.86. The third kappa shape index (κ3) is 4.92. The number of phenols is 2. The molecule has 0 atom stereocenters. The van der Waals surface area contributed by atoms with Gasteiger partial charge in [0.1, 0.15) is 22.6 Å². The van der Waals surface area contributed by atoms with Crippen LogP contribution in [0.4, 0.5) is 0 Å². The Morgan fingerprint density at radius 1 is 0.771 bits per heavy atom. The number of hydrogen-bond donors (Lipinski definition) is 2. The van der Waals surface area contributed by atoms with E-state index < -0.39 is 0 Å². The summed E-state index contributed by atoms with van der Waals surface area (Å²) in [5.74, 6) is 0.279. The highest BCUT2D eigenvalue weighted by Crippen LogP contribution is 2.41. The fourth-order valence-corrected chi connectivity index (χ4v) is 4.98. The molecule has 0 amide bonds. The molecule has 3 aromatic rings. The lowest BCUT2D eigenvalue weighted by atomic mass is 10.00. The molecule has 35 heavy (non-hydrogen) atoms. The number of phenolic OH excluding ortho intramolecular Hbond substituents is 2. The van der Waals surface area contributed by atoms with Crippen molar-refractivity contribution in [1.82, 2.24) is 19.6 Å². The van der Waals surface area contributed by atoms with Crippen LogP contribution in [0, 0.1) is 0 Å². The molecule has 2 aliphatic rings. The smallest absolute Gasteiger partial charge is 0.197 e. The van der Waals surface area contributed by atoms with Crippen LogP contribution in [0.2, 0.25) is 0 Å². The highest BCUT2D eigenvalue weighted by Gasteiger charge is 2.27. The van der Waals surface area contributed by atoms with Gasteiger partial charge >= 0.3 is 0 Å². The van der Waals surface area contributed by atoms with E-state index in [1.165, 1.54) is 6.07 Å². The summed E-state index contributed by atoms with van der Waals surface area (Å²) in [6, 6.07) is 10.9. The Labute approximate surface area is 205 Å². The number of likely N-dealkylation sites (N-methyl/N-ethyl adjacent to an activating group) is 2. The molecule has 8 heteroatoms. The van der Waals surface area contributed by atoms with Gasteiger partial charge in [0, 0.05) is 77.1 Å². The van der Waals surface area contributed by atoms with Crippen LogP contribution in [0.5, 0.6) is 11.5 Å². The van der Waals surface area contributed by atoms with E-state index in [0.29, 0.717) is 30.0 Å². The molecule has 0 aliphatic carbocycles. The van der Waals surface area contributed by atoms with Crippen molar-refractivity contribution in [1.29, 1.82) is 0 Å². The molecule has 3 heterocycles. The van der Waals surface area contributed by atoms with Crippen molar-refractivity contribution in [3.05, 3.63) is 57.7 Å². The maximum Gasteiger partial charge on any atom is 0.197 e. The monoisotopic (exact) mass is 478 g/mol. The summed E-state index contributed by atoms with van der Waals surface area (Å²) in [4.78, 5) is 22.3. The summed E-state index contributed by atoms with van der Waals surface area (Å²) < 4.78 is 6.27. The summed E-state index contributed by atoms with van der Waals surface area (Å²) in [6.45, 7) is 7.94. The van der Waals surface area contributed by atoms with Crippen molar-refractivity contribution >= 4 is 11.0 Å². The standard InChI is InChI=1S/C27H34N4O4/c1-28-8-12-30(13-9-28)17-20-25(33)21(18-31-14-10-29(2)11-15-31)27-24(26(20)34)22(32)16-23(35-27)19-6-4-3-5-7-19/h3-7,16,33-34H,8-15,17-18H2,1-2H3. The molecule has 1 aromatic heterocycles. The summed E-state index contributed by atoms with van der Waals surface area (Å²) in [6.07, 6.45) is 0. The average Bonchev–Trinajstić information content (AvgIpc) is 2.87. The molecule has 5 rings (SSSR count). The van der Waals surface area contributed by atoms with Crippen LogP contribution in [0.1, 0.15) is 11.1 Å². The number of benzene rings is 2. The van der Waals surface area contributed by atoms with E-state index in [-0.39, 0.29) is 27.9 Å². The molecule has 186 valence electrons. The second-order valence-corrected chi connectivity index (χ2v) is 9.86. The molecule has 2 saturated heterocycles. The van der Waals surface area contributed by atoms with Crippen molar-refractivity contribution < 1.29 is 14.6 Å². The molecule has 2 N–H and O–H groups in total. The third-order valence-corrected chi connectivity index (χ3v) is 7.33. The number of piperazine rings is 2. The number of nitrogens with zero attached hydrogens (tertiary/aromatic N) is 4. The largest absolute Gasteiger partial charge is 0.507 e. The lowest BCUT2D eigenvalue weighted by molar-refractivity contribution is 0.143. The Kier molecular flexibility index (Phi) is 6.80. The molecule has 0 radical (unpaired) electrons. The van der Waals surface area contributed by atoms with Crippen molar-refractivity contribution in [2.24, 2.45) is 0 Å². The highest BCUT2D eigenvalue weighted by molar-refractivity contribution is 5.91. The fraction of sp³-hybridized carbons (Fsp3) is 0.444. The molecule has 0 spiro atoms. The Bertz CT molecular complexity index is 1240. The van der Waals surface area contributed by atoms with Gasteiger partial charge in [0.25, 0.3) is 0 Å². The predicted molar refractivity (Wildman–Crippen MR) is 137 cm³/mol. The first-order chi connectivity index (χ1) is 16.9. The predicted octanol–water partition coefficient (Wildman–Crippen LogP) is 2.37. The van der Waals surface area contributed by atoms with Crippen LogP contribution < -0.4 is 5.43 Å². The van der Waals surface area contributed by atoms with Gasteiger partial charge in [0.05, 0.1) is 11.1 Å². The third-order valence-electron chi connectivity index (χ3n) is 7.33. The maximum absolute atomic E-state index is 13.3. The van der Waals surface area contributed by atoms with Gasteiger partial charge in [-0.25, -0.2) is 0 Å². The SMILES string of the molecule is CN1CCN(Cc2c(O)c(CN3CCN(C)CC3)c3oc(-c4ccccc4)cc(=O)c3c2O)CC1. The molecular weight excluding hydrogens is 444 g/mol. The Morgan fingerprint density at radius 2 is 1.31 bits per heavy atom. The normalized spacial score (nSPS) is 18.9. The van der Waals surface area contributed by atoms with Gasteiger partial charge in [-0.1, -0.05) is 30.3 Å². The van der Waals surface area contributed by atoms with Gasteiger partial charge in [-0.15, -0.1) is 0 Å². The van der Waals surface area contributed by atoms with E-state index in [2.05, 4.69) is 33.7 Å². The number of aromatic hydroxyl groups is 2. The molecule has 0 unspecified atom stereocenters. The quantitative estimate of drug-likeness (QED) is 0.578. The molecule has 0 saturated carbocycles. The van der Waals surface area contributed by atoms with E-state index in [1.54, 1.807) is 0 Å². The van der Waals surface area contributed by atoms with E-state index in [1.807, 2.05) is 30.3 Å². The Balaban J connectivity index is 1.62. The van der Waals surface area contributed by atoms with E-state index in [9.17, 15) is 15.0 Å². The zero-order valence-corrected chi connectivity index (χ0v) is 20.5. The molecule has 2 fully saturated rings. The van der Waals surface area contributed by atoms with Gasteiger partial charge in [-0.2, -0.15) is 0 Å². The average molecular weight is 479 g/mol. The second kappa shape index (κ2) is 9.99. The summed E-state index contributed by atoms with van der Waals surface area (Å²) in [5, 5.41) is 22.9. The summed E-state index contributed by atoms with van der Waals surface area (Å²) in [5.41, 5.74) is 1.72. The Morgan fingerprint density at radius 3 is 1.89 bits per heavy atom. The van der Waals surface area contributed by atoms with Crippen molar-refractivity contribution in [3.8, 4) is 22.8 Å². The van der Waals surface area contributed by atoms with Gasteiger partial charge in [-0.05, 0) is 14.1 Å². The topological polar surface area (TPSA) is 83.6 Å². The molecule has 2 aliphatic heterocycles. The molecule has 0 bridgehead atoms. The van der Waals surface area contributed by atoms with Crippen LogP contribution >= 0.6 is 0 Å². The van der Waals surface area contributed by atoms with E-state index in [0.717, 1.165) is 57.9 Å². The first-order valence-corrected chi connectivity index (χ1v) is 12.3. The maximum atomic E-state index is 13.3. The van der Waals surface area contributed by atoms with Gasteiger partial charge in [0.15, 0.2) is 11.0 Å². The van der Waals surface area contributed by atoms with Crippen molar-refractivity contribution in [2.45, 2.75) is 13.1 Å². The van der Waals surface area contributed by atoms with Crippen molar-refractivity contribution in [2.75, 3.05) is 66.5 Å². The fourth-order valence-electron chi connectivity index (χ4n) is 4.98. The highest BCUT2D eigenvalue weighted by atomic mass is 16.3. The number of hydrogen-bond acceptors (Lipinski definition) is 8.